The van der Waals surface area contributed by atoms with E-state index in [2.05, 4.69) is 24.0 Å². The molecule has 2 heterocycles. The lowest BCUT2D eigenvalue weighted by Gasteiger charge is -2.15. The van der Waals surface area contributed by atoms with Crippen molar-refractivity contribution in [1.82, 2.24) is 4.98 Å². The van der Waals surface area contributed by atoms with Crippen molar-refractivity contribution in [3.05, 3.63) is 71.4 Å². The molecule has 1 aromatic heterocycles. The number of para-hydroxylation sites is 1. The summed E-state index contributed by atoms with van der Waals surface area (Å²) in [5.41, 5.74) is 4.74. The van der Waals surface area contributed by atoms with Crippen molar-refractivity contribution >= 4 is 22.5 Å². The molecule has 4 rings (SSSR count). The van der Waals surface area contributed by atoms with Gasteiger partial charge in [-0.1, -0.05) is 37.3 Å². The standard InChI is InChI=1S/C19H16N2O/c1-2-13-7-9-15(10-8-13)21-12-18-16(19(21)22)11-14-5-3-4-6-17(14)20-18/h3-11H,2,12H2,1H3. The number of pyridine rings is 1. The molecule has 0 saturated heterocycles. The quantitative estimate of drug-likeness (QED) is 0.715. The number of fused-ring (bicyclic) bond motifs is 2. The molecule has 3 heteroatoms. The summed E-state index contributed by atoms with van der Waals surface area (Å²) < 4.78 is 0. The molecule has 0 spiro atoms. The summed E-state index contributed by atoms with van der Waals surface area (Å²) in [6, 6.07) is 18.1. The molecule has 2 aromatic carbocycles. The van der Waals surface area contributed by atoms with Crippen LogP contribution in [-0.2, 0) is 13.0 Å². The van der Waals surface area contributed by atoms with Gasteiger partial charge in [0.1, 0.15) is 0 Å². The first kappa shape index (κ1) is 13.0. The van der Waals surface area contributed by atoms with Gasteiger partial charge in [0, 0.05) is 11.1 Å². The molecule has 0 aliphatic carbocycles. The summed E-state index contributed by atoms with van der Waals surface area (Å²) in [5, 5.41) is 1.01. The number of hydrogen-bond donors (Lipinski definition) is 0. The summed E-state index contributed by atoms with van der Waals surface area (Å²) >= 11 is 0. The van der Waals surface area contributed by atoms with E-state index in [1.165, 1.54) is 5.56 Å². The Balaban J connectivity index is 1.75. The van der Waals surface area contributed by atoms with Gasteiger partial charge in [-0.05, 0) is 36.2 Å². The minimum absolute atomic E-state index is 0.0394. The Labute approximate surface area is 129 Å². The van der Waals surface area contributed by atoms with Gasteiger partial charge in [-0.15, -0.1) is 0 Å². The third-order valence-corrected chi connectivity index (χ3v) is 4.24. The van der Waals surface area contributed by atoms with Crippen LogP contribution in [0.1, 0.15) is 28.5 Å². The number of anilines is 1. The van der Waals surface area contributed by atoms with Gasteiger partial charge in [0.2, 0.25) is 0 Å². The van der Waals surface area contributed by atoms with Gasteiger partial charge in [-0.2, -0.15) is 0 Å². The number of aromatic nitrogens is 1. The third kappa shape index (κ3) is 1.98. The van der Waals surface area contributed by atoms with Crippen LogP contribution in [0.2, 0.25) is 0 Å². The fourth-order valence-corrected chi connectivity index (χ4v) is 2.95. The van der Waals surface area contributed by atoms with E-state index in [4.69, 9.17) is 0 Å². The van der Waals surface area contributed by atoms with Gasteiger partial charge in [0.05, 0.1) is 23.3 Å². The maximum atomic E-state index is 12.7. The Hall–Kier alpha value is -2.68. The number of nitrogens with zero attached hydrogens (tertiary/aromatic N) is 2. The van der Waals surface area contributed by atoms with Crippen molar-refractivity contribution in [1.29, 1.82) is 0 Å². The molecule has 108 valence electrons. The molecule has 22 heavy (non-hydrogen) atoms. The Morgan fingerprint density at radius 3 is 2.64 bits per heavy atom. The minimum Gasteiger partial charge on any atom is -0.302 e. The number of aryl methyl sites for hydroxylation is 1. The van der Waals surface area contributed by atoms with Crippen molar-refractivity contribution in [2.75, 3.05) is 4.90 Å². The molecule has 0 atom stereocenters. The molecule has 0 saturated carbocycles. The zero-order chi connectivity index (χ0) is 15.1. The fraction of sp³-hybridized carbons (Fsp3) is 0.158. The van der Waals surface area contributed by atoms with E-state index >= 15 is 0 Å². The first-order valence-electron chi connectivity index (χ1n) is 7.56. The highest BCUT2D eigenvalue weighted by molar-refractivity contribution is 6.11. The van der Waals surface area contributed by atoms with Crippen molar-refractivity contribution in [2.24, 2.45) is 0 Å². The summed E-state index contributed by atoms with van der Waals surface area (Å²) in [6.45, 7) is 2.67. The van der Waals surface area contributed by atoms with E-state index in [0.717, 1.165) is 34.3 Å². The van der Waals surface area contributed by atoms with Gasteiger partial charge >= 0.3 is 0 Å². The topological polar surface area (TPSA) is 33.2 Å². The van der Waals surface area contributed by atoms with Gasteiger partial charge in [0.15, 0.2) is 0 Å². The number of rotatable bonds is 2. The molecule has 1 aliphatic rings. The molecular formula is C19H16N2O. The maximum absolute atomic E-state index is 12.7. The summed E-state index contributed by atoms with van der Waals surface area (Å²) in [7, 11) is 0. The smallest absolute Gasteiger partial charge is 0.260 e. The van der Waals surface area contributed by atoms with Crippen LogP contribution >= 0.6 is 0 Å². The second kappa shape index (κ2) is 4.95. The van der Waals surface area contributed by atoms with Crippen LogP contribution in [-0.4, -0.2) is 10.9 Å². The lowest BCUT2D eigenvalue weighted by molar-refractivity contribution is 0.0996. The molecule has 0 radical (unpaired) electrons. The highest BCUT2D eigenvalue weighted by atomic mass is 16.2. The Morgan fingerprint density at radius 2 is 1.86 bits per heavy atom. The van der Waals surface area contributed by atoms with Gasteiger partial charge < -0.3 is 4.90 Å². The molecule has 3 nitrogen and oxygen atoms in total. The third-order valence-electron chi connectivity index (χ3n) is 4.24. The van der Waals surface area contributed by atoms with E-state index in [0.29, 0.717) is 6.54 Å². The fourth-order valence-electron chi connectivity index (χ4n) is 2.95. The average molecular weight is 288 g/mol. The predicted octanol–water partition coefficient (Wildman–Crippen LogP) is 3.96. The number of hydrogen-bond acceptors (Lipinski definition) is 2. The van der Waals surface area contributed by atoms with Gasteiger partial charge in [-0.3, -0.25) is 9.78 Å². The second-order valence-electron chi connectivity index (χ2n) is 5.59. The van der Waals surface area contributed by atoms with E-state index in [1.807, 2.05) is 42.5 Å². The van der Waals surface area contributed by atoms with Crippen molar-refractivity contribution in [3.63, 3.8) is 0 Å². The summed E-state index contributed by atoms with van der Waals surface area (Å²) in [6.07, 6.45) is 1.00. The minimum atomic E-state index is 0.0394. The van der Waals surface area contributed by atoms with Crippen molar-refractivity contribution in [3.8, 4) is 0 Å². The van der Waals surface area contributed by atoms with Crippen LogP contribution in [0.5, 0.6) is 0 Å². The lowest BCUT2D eigenvalue weighted by atomic mass is 10.1. The molecule has 0 bridgehead atoms. The molecule has 3 aromatic rings. The van der Waals surface area contributed by atoms with Gasteiger partial charge in [-0.25, -0.2) is 0 Å². The number of carbonyl (C=O) groups is 1. The predicted molar refractivity (Wildman–Crippen MR) is 88.1 cm³/mol. The monoisotopic (exact) mass is 288 g/mol. The van der Waals surface area contributed by atoms with Gasteiger partial charge in [0.25, 0.3) is 5.91 Å². The zero-order valence-corrected chi connectivity index (χ0v) is 12.4. The summed E-state index contributed by atoms with van der Waals surface area (Å²) in [4.78, 5) is 19.1. The van der Waals surface area contributed by atoms with E-state index < -0.39 is 0 Å². The highest BCUT2D eigenvalue weighted by Gasteiger charge is 2.30. The molecule has 1 aliphatic heterocycles. The zero-order valence-electron chi connectivity index (χ0n) is 12.4. The molecule has 1 amide bonds. The first-order valence-corrected chi connectivity index (χ1v) is 7.56. The first-order chi connectivity index (χ1) is 10.8. The van der Waals surface area contributed by atoms with E-state index in [1.54, 1.807) is 4.90 Å². The normalized spacial score (nSPS) is 13.7. The second-order valence-corrected chi connectivity index (χ2v) is 5.59. The van der Waals surface area contributed by atoms with Crippen LogP contribution in [0.3, 0.4) is 0 Å². The maximum Gasteiger partial charge on any atom is 0.260 e. The SMILES string of the molecule is CCc1ccc(N2Cc3nc4ccccc4cc3C2=O)cc1. The Kier molecular flexibility index (Phi) is 2.93. The van der Waals surface area contributed by atoms with E-state index in [9.17, 15) is 4.79 Å². The largest absolute Gasteiger partial charge is 0.302 e. The average Bonchev–Trinajstić information content (AvgIpc) is 2.89. The van der Waals surface area contributed by atoms with Crippen LogP contribution in [0, 0.1) is 0 Å². The molecule has 0 fully saturated rings. The van der Waals surface area contributed by atoms with Crippen LogP contribution < -0.4 is 4.90 Å². The lowest BCUT2D eigenvalue weighted by Crippen LogP contribution is -2.22. The molecule has 0 N–H and O–H groups in total. The van der Waals surface area contributed by atoms with Crippen molar-refractivity contribution < 1.29 is 4.79 Å². The number of amides is 1. The Bertz CT molecular complexity index is 868. The van der Waals surface area contributed by atoms with Crippen molar-refractivity contribution in [2.45, 2.75) is 19.9 Å². The van der Waals surface area contributed by atoms with E-state index in [-0.39, 0.29) is 5.91 Å². The summed E-state index contributed by atoms with van der Waals surface area (Å²) in [5.74, 6) is 0.0394. The highest BCUT2D eigenvalue weighted by Crippen LogP contribution is 2.29. The van der Waals surface area contributed by atoms with Crippen LogP contribution in [0.4, 0.5) is 5.69 Å². The van der Waals surface area contributed by atoms with Crippen LogP contribution in [0.25, 0.3) is 10.9 Å². The molecular weight excluding hydrogens is 272 g/mol. The number of benzene rings is 2. The van der Waals surface area contributed by atoms with Crippen LogP contribution in [0.15, 0.2) is 54.6 Å². The Morgan fingerprint density at radius 1 is 1.09 bits per heavy atom. The number of carbonyl (C=O) groups excluding carboxylic acids is 1. The molecule has 0 unspecified atom stereocenters.